The minimum atomic E-state index is 0. The van der Waals surface area contributed by atoms with Gasteiger partial charge in [0.25, 0.3) is 0 Å². The fourth-order valence-corrected chi connectivity index (χ4v) is 1.97. The maximum Gasteiger partial charge on any atom is 0.161 e. The van der Waals surface area contributed by atoms with Crippen LogP contribution in [-0.2, 0) is 13.0 Å². The second kappa shape index (κ2) is 11.2. The lowest BCUT2D eigenvalue weighted by atomic mass is 10.2. The van der Waals surface area contributed by atoms with E-state index in [1.54, 1.807) is 13.4 Å². The second-order valence-corrected chi connectivity index (χ2v) is 4.42. The minimum Gasteiger partial charge on any atom is -0.493 e. The van der Waals surface area contributed by atoms with Crippen LogP contribution in [0, 0.1) is 0 Å². The smallest absolute Gasteiger partial charge is 0.161 e. The van der Waals surface area contributed by atoms with E-state index in [-0.39, 0.29) is 24.8 Å². The number of nitrogens with one attached hydrogen (secondary N) is 2. The van der Waals surface area contributed by atoms with E-state index in [1.807, 2.05) is 25.3 Å². The lowest BCUT2D eigenvalue weighted by Crippen LogP contribution is -2.16. The van der Waals surface area contributed by atoms with Gasteiger partial charge in [0.1, 0.15) is 0 Å². The fourth-order valence-electron chi connectivity index (χ4n) is 1.97. The Kier molecular flexibility index (Phi) is 10.5. The molecule has 1 heterocycles. The quantitative estimate of drug-likeness (QED) is 0.720. The van der Waals surface area contributed by atoms with E-state index in [2.05, 4.69) is 21.4 Å². The molecule has 0 aliphatic carbocycles. The van der Waals surface area contributed by atoms with Crippen molar-refractivity contribution in [1.29, 1.82) is 0 Å². The first-order chi connectivity index (χ1) is 9.83. The average molecular weight is 348 g/mol. The van der Waals surface area contributed by atoms with Crippen molar-refractivity contribution in [2.75, 3.05) is 20.3 Å². The number of hydrogen-bond acceptors (Lipinski definition) is 4. The van der Waals surface area contributed by atoms with E-state index in [9.17, 15) is 0 Å². The van der Waals surface area contributed by atoms with Crippen molar-refractivity contribution in [2.45, 2.75) is 19.9 Å². The van der Waals surface area contributed by atoms with E-state index in [0.29, 0.717) is 6.61 Å². The standard InChI is InChI=1S/C15H21N3O2.2ClH/c1-3-20-14-5-4-12(8-15(14)19-2)9-16-7-6-13-10-17-11-18-13;;/h4-5,8,10-11,16H,3,6-7,9H2,1-2H3,(H,17,18);2*1H. The highest BCUT2D eigenvalue weighted by Crippen LogP contribution is 2.27. The molecule has 2 rings (SSSR count). The van der Waals surface area contributed by atoms with Crippen molar-refractivity contribution in [2.24, 2.45) is 0 Å². The van der Waals surface area contributed by atoms with Crippen molar-refractivity contribution in [3.05, 3.63) is 42.0 Å². The largest absolute Gasteiger partial charge is 0.493 e. The van der Waals surface area contributed by atoms with E-state index in [0.717, 1.165) is 36.7 Å². The Morgan fingerprint density at radius 1 is 1.23 bits per heavy atom. The topological polar surface area (TPSA) is 59.2 Å². The van der Waals surface area contributed by atoms with Gasteiger partial charge >= 0.3 is 0 Å². The molecule has 0 atom stereocenters. The molecule has 0 radical (unpaired) electrons. The van der Waals surface area contributed by atoms with Crippen LogP contribution < -0.4 is 14.8 Å². The van der Waals surface area contributed by atoms with Crippen LogP contribution in [0.3, 0.4) is 0 Å². The van der Waals surface area contributed by atoms with E-state index in [4.69, 9.17) is 9.47 Å². The predicted molar refractivity (Wildman–Crippen MR) is 92.7 cm³/mol. The number of benzene rings is 1. The van der Waals surface area contributed by atoms with Gasteiger partial charge in [-0.05, 0) is 24.6 Å². The van der Waals surface area contributed by atoms with Crippen LogP contribution in [-0.4, -0.2) is 30.2 Å². The van der Waals surface area contributed by atoms with Crippen molar-refractivity contribution in [3.63, 3.8) is 0 Å². The molecule has 7 heteroatoms. The van der Waals surface area contributed by atoms with Crippen LogP contribution in [0.1, 0.15) is 18.2 Å². The van der Waals surface area contributed by atoms with Crippen LogP contribution in [0.4, 0.5) is 0 Å². The summed E-state index contributed by atoms with van der Waals surface area (Å²) in [6, 6.07) is 6.01. The number of aromatic amines is 1. The summed E-state index contributed by atoms with van der Waals surface area (Å²) in [7, 11) is 1.66. The molecular formula is C15H23Cl2N3O2. The number of aromatic nitrogens is 2. The summed E-state index contributed by atoms with van der Waals surface area (Å²) < 4.78 is 10.8. The fraction of sp³-hybridized carbons (Fsp3) is 0.400. The molecule has 1 aromatic carbocycles. The first kappa shape index (κ1) is 20.6. The lowest BCUT2D eigenvalue weighted by Gasteiger charge is -2.11. The van der Waals surface area contributed by atoms with Crippen molar-refractivity contribution >= 4 is 24.8 Å². The van der Waals surface area contributed by atoms with E-state index < -0.39 is 0 Å². The predicted octanol–water partition coefficient (Wildman–Crippen LogP) is 2.99. The Morgan fingerprint density at radius 2 is 2.05 bits per heavy atom. The van der Waals surface area contributed by atoms with Gasteiger partial charge in [-0.1, -0.05) is 6.07 Å². The van der Waals surface area contributed by atoms with Crippen molar-refractivity contribution in [1.82, 2.24) is 15.3 Å². The molecule has 0 fully saturated rings. The monoisotopic (exact) mass is 347 g/mol. The molecule has 2 N–H and O–H groups in total. The number of ether oxygens (including phenoxy) is 2. The van der Waals surface area contributed by atoms with Gasteiger partial charge in [-0.15, -0.1) is 24.8 Å². The Balaban J connectivity index is 0.00000220. The number of nitrogens with zero attached hydrogens (tertiary/aromatic N) is 1. The molecule has 1 aromatic heterocycles. The number of halogens is 2. The zero-order chi connectivity index (χ0) is 14.2. The molecule has 22 heavy (non-hydrogen) atoms. The third-order valence-electron chi connectivity index (χ3n) is 2.98. The van der Waals surface area contributed by atoms with Crippen LogP contribution in [0.25, 0.3) is 0 Å². The van der Waals surface area contributed by atoms with Crippen molar-refractivity contribution in [3.8, 4) is 11.5 Å². The lowest BCUT2D eigenvalue weighted by molar-refractivity contribution is 0.310. The van der Waals surface area contributed by atoms with Gasteiger partial charge in [0.2, 0.25) is 0 Å². The van der Waals surface area contributed by atoms with Gasteiger partial charge in [0.15, 0.2) is 11.5 Å². The van der Waals surface area contributed by atoms with Crippen LogP contribution in [0.15, 0.2) is 30.7 Å². The third-order valence-corrected chi connectivity index (χ3v) is 2.98. The second-order valence-electron chi connectivity index (χ2n) is 4.42. The van der Waals surface area contributed by atoms with Gasteiger partial charge in [0, 0.05) is 31.4 Å². The highest BCUT2D eigenvalue weighted by Gasteiger charge is 2.05. The molecule has 0 saturated heterocycles. The highest BCUT2D eigenvalue weighted by atomic mass is 35.5. The summed E-state index contributed by atoms with van der Waals surface area (Å²) in [5.74, 6) is 1.57. The maximum atomic E-state index is 5.50. The Bertz CT molecular complexity index is 522. The van der Waals surface area contributed by atoms with Gasteiger partial charge in [0.05, 0.1) is 20.0 Å². The molecule has 0 saturated carbocycles. The molecule has 0 amide bonds. The van der Waals surface area contributed by atoms with E-state index >= 15 is 0 Å². The molecule has 0 aliphatic heterocycles. The molecule has 0 unspecified atom stereocenters. The normalized spacial score (nSPS) is 9.55. The zero-order valence-corrected chi connectivity index (χ0v) is 14.4. The minimum absolute atomic E-state index is 0. The Hall–Kier alpha value is -1.43. The number of hydrogen-bond donors (Lipinski definition) is 2. The highest BCUT2D eigenvalue weighted by molar-refractivity contribution is 5.85. The molecular weight excluding hydrogens is 325 g/mol. The van der Waals surface area contributed by atoms with Crippen LogP contribution in [0.5, 0.6) is 11.5 Å². The summed E-state index contributed by atoms with van der Waals surface area (Å²) in [5.41, 5.74) is 2.32. The molecule has 124 valence electrons. The van der Waals surface area contributed by atoms with Gasteiger partial charge < -0.3 is 19.8 Å². The summed E-state index contributed by atoms with van der Waals surface area (Å²) >= 11 is 0. The number of H-pyrrole nitrogens is 1. The molecule has 0 aliphatic rings. The summed E-state index contributed by atoms with van der Waals surface area (Å²) in [5, 5.41) is 3.40. The number of imidazole rings is 1. The summed E-state index contributed by atoms with van der Waals surface area (Å²) in [4.78, 5) is 7.08. The van der Waals surface area contributed by atoms with Crippen LogP contribution >= 0.6 is 24.8 Å². The average Bonchev–Trinajstić information content (AvgIpc) is 2.98. The first-order valence-electron chi connectivity index (χ1n) is 6.81. The van der Waals surface area contributed by atoms with Crippen molar-refractivity contribution < 1.29 is 9.47 Å². The molecule has 0 spiro atoms. The van der Waals surface area contributed by atoms with Crippen LogP contribution in [0.2, 0.25) is 0 Å². The maximum absolute atomic E-state index is 5.50. The Morgan fingerprint density at radius 3 is 2.68 bits per heavy atom. The first-order valence-corrected chi connectivity index (χ1v) is 6.81. The number of rotatable bonds is 8. The van der Waals surface area contributed by atoms with Gasteiger partial charge in [-0.25, -0.2) is 4.98 Å². The summed E-state index contributed by atoms with van der Waals surface area (Å²) in [6.07, 6.45) is 4.49. The summed E-state index contributed by atoms with van der Waals surface area (Å²) in [6.45, 7) is 4.30. The zero-order valence-electron chi connectivity index (χ0n) is 12.8. The van der Waals surface area contributed by atoms with E-state index in [1.165, 1.54) is 5.56 Å². The molecule has 0 bridgehead atoms. The Labute approximate surface area is 143 Å². The SMILES string of the molecule is CCOc1ccc(CNCCc2cnc[nH]2)cc1OC.Cl.Cl. The molecule has 2 aromatic rings. The third kappa shape index (κ3) is 6.13. The van der Waals surface area contributed by atoms with Gasteiger partial charge in [-0.2, -0.15) is 0 Å². The van der Waals surface area contributed by atoms with Gasteiger partial charge in [-0.3, -0.25) is 0 Å². The number of methoxy groups -OCH3 is 1. The molecule has 5 nitrogen and oxygen atoms in total.